The lowest BCUT2D eigenvalue weighted by atomic mass is 9.99. The summed E-state index contributed by atoms with van der Waals surface area (Å²) in [7, 11) is -9.92. The van der Waals surface area contributed by atoms with Gasteiger partial charge in [-0.2, -0.15) is 0 Å². The van der Waals surface area contributed by atoms with Gasteiger partial charge in [-0.3, -0.25) is 37.3 Å². The van der Waals surface area contributed by atoms with E-state index in [2.05, 4.69) is 55.4 Å². The van der Waals surface area contributed by atoms with Crippen LogP contribution in [0.4, 0.5) is 0 Å². The zero-order valence-corrected chi connectivity index (χ0v) is 69.7. The van der Waals surface area contributed by atoms with E-state index in [9.17, 15) is 43.2 Å². The lowest BCUT2D eigenvalue weighted by molar-refractivity contribution is -0.161. The number of phosphoric acid groups is 2. The van der Waals surface area contributed by atoms with Crippen LogP contribution in [0.25, 0.3) is 0 Å². The molecule has 0 amide bonds. The molecule has 19 heteroatoms. The van der Waals surface area contributed by atoms with Gasteiger partial charge < -0.3 is 33.8 Å². The van der Waals surface area contributed by atoms with Crippen molar-refractivity contribution in [1.29, 1.82) is 0 Å². The molecule has 4 unspecified atom stereocenters. The van der Waals surface area contributed by atoms with Crippen LogP contribution in [-0.2, 0) is 65.4 Å². The van der Waals surface area contributed by atoms with Gasteiger partial charge in [-0.15, -0.1) is 0 Å². The van der Waals surface area contributed by atoms with E-state index in [0.717, 1.165) is 114 Å². The van der Waals surface area contributed by atoms with Crippen LogP contribution in [0.1, 0.15) is 434 Å². The molecule has 0 fully saturated rings. The van der Waals surface area contributed by atoms with Crippen LogP contribution >= 0.6 is 15.6 Å². The third kappa shape index (κ3) is 75.3. The van der Waals surface area contributed by atoms with E-state index in [1.54, 1.807) is 0 Å². The Bertz CT molecular complexity index is 2010. The fourth-order valence-corrected chi connectivity index (χ4v) is 14.5. The van der Waals surface area contributed by atoms with Crippen LogP contribution < -0.4 is 0 Å². The van der Waals surface area contributed by atoms with Crippen LogP contribution in [0.5, 0.6) is 0 Å². The molecule has 0 saturated heterocycles. The predicted molar refractivity (Wildman–Crippen MR) is 423 cm³/mol. The highest BCUT2D eigenvalue weighted by atomic mass is 31.2. The van der Waals surface area contributed by atoms with Crippen LogP contribution in [0.3, 0.4) is 0 Å². The summed E-state index contributed by atoms with van der Waals surface area (Å²) >= 11 is 0. The van der Waals surface area contributed by atoms with Crippen LogP contribution in [-0.4, -0.2) is 96.7 Å². The second-order valence-corrected chi connectivity index (χ2v) is 34.6. The molecule has 7 atom stereocenters. The minimum atomic E-state index is -4.96. The normalized spacial score (nSPS) is 14.5. The summed E-state index contributed by atoms with van der Waals surface area (Å²) in [4.78, 5) is 73.0. The third-order valence-corrected chi connectivity index (χ3v) is 22.2. The molecule has 17 nitrogen and oxygen atoms in total. The summed E-state index contributed by atoms with van der Waals surface area (Å²) in [5.74, 6) is 1.00. The van der Waals surface area contributed by atoms with Gasteiger partial charge in [0.1, 0.15) is 19.3 Å². The van der Waals surface area contributed by atoms with Crippen molar-refractivity contribution in [2.75, 3.05) is 39.6 Å². The van der Waals surface area contributed by atoms with Crippen molar-refractivity contribution in [3.8, 4) is 0 Å². The Balaban J connectivity index is 5.11. The predicted octanol–water partition coefficient (Wildman–Crippen LogP) is 25.2. The largest absolute Gasteiger partial charge is 0.472 e. The van der Waals surface area contributed by atoms with Crippen LogP contribution in [0, 0.1) is 23.7 Å². The van der Waals surface area contributed by atoms with Crippen LogP contribution in [0.2, 0.25) is 0 Å². The second-order valence-electron chi connectivity index (χ2n) is 31.7. The number of rotatable bonds is 81. The minimum absolute atomic E-state index is 0.104. The molecule has 0 spiro atoms. The Hall–Kier alpha value is -1.94. The van der Waals surface area contributed by atoms with Gasteiger partial charge in [0, 0.05) is 25.7 Å². The van der Waals surface area contributed by atoms with E-state index in [1.807, 2.05) is 0 Å². The Morgan fingerprint density at radius 2 is 0.466 bits per heavy atom. The van der Waals surface area contributed by atoms with Crippen molar-refractivity contribution >= 4 is 39.5 Å². The monoisotopic (exact) mass is 1510 g/mol. The van der Waals surface area contributed by atoms with E-state index in [0.29, 0.717) is 31.6 Å². The number of ether oxygens (including phenoxy) is 4. The number of hydrogen-bond acceptors (Lipinski definition) is 15. The molecule has 612 valence electrons. The molecule has 0 aromatic rings. The Morgan fingerprint density at radius 3 is 0.689 bits per heavy atom. The maximum Gasteiger partial charge on any atom is 0.472 e. The summed E-state index contributed by atoms with van der Waals surface area (Å²) in [6.45, 7) is 14.3. The van der Waals surface area contributed by atoms with Crippen molar-refractivity contribution < 1.29 is 80.2 Å². The first-order valence-electron chi connectivity index (χ1n) is 43.3. The van der Waals surface area contributed by atoms with Gasteiger partial charge in [-0.1, -0.05) is 383 Å². The highest BCUT2D eigenvalue weighted by molar-refractivity contribution is 7.47. The molecular weight excluding hydrogens is 1340 g/mol. The fraction of sp³-hybridized carbons (Fsp3) is 0.952. The smallest absolute Gasteiger partial charge is 0.462 e. The average molecular weight is 1510 g/mol. The number of carbonyl (C=O) groups excluding carboxylic acids is 4. The highest BCUT2D eigenvalue weighted by Gasteiger charge is 2.30. The van der Waals surface area contributed by atoms with Crippen molar-refractivity contribution in [2.24, 2.45) is 23.7 Å². The lowest BCUT2D eigenvalue weighted by Gasteiger charge is -2.21. The quantitative estimate of drug-likeness (QED) is 0.0222. The maximum absolute atomic E-state index is 13.1. The van der Waals surface area contributed by atoms with Crippen molar-refractivity contribution in [3.05, 3.63) is 0 Å². The molecule has 0 radical (unpaired) electrons. The van der Waals surface area contributed by atoms with E-state index in [-0.39, 0.29) is 25.7 Å². The van der Waals surface area contributed by atoms with Crippen molar-refractivity contribution in [1.82, 2.24) is 0 Å². The average Bonchev–Trinajstić information content (AvgIpc) is 0.923. The molecule has 3 N–H and O–H groups in total. The lowest BCUT2D eigenvalue weighted by Crippen LogP contribution is -2.30. The summed E-state index contributed by atoms with van der Waals surface area (Å²) in [5, 5.41) is 10.6. The standard InChI is InChI=1S/C84H164O17P2/c1-9-76(7)62-54-46-38-32-28-24-20-16-12-14-17-21-25-29-33-39-48-56-64-81(86)94-70-79(101-84(89)67-59-51-41-35-37-45-53-61-75(5)6)72-98-102(90,91)96-68-78(85)69-97-103(92,93)99-73-80(71-95-82(87)65-57-49-43-42-47-55-63-77(8)10-2)100-83(88)66-58-50-40-34-30-26-22-18-13-11-15-19-23-27-31-36-44-52-60-74(3)4/h74-80,85H,9-73H2,1-8H3,(H,90,91)(H,92,93)/t76?,77?,78-,79-,80-/m1/s1. The molecule has 0 aromatic carbocycles. The van der Waals surface area contributed by atoms with E-state index >= 15 is 0 Å². The number of carbonyl (C=O) groups is 4. The first-order valence-corrected chi connectivity index (χ1v) is 46.3. The first kappa shape index (κ1) is 101. The SMILES string of the molecule is CCC(C)CCCCCCCCCCCCCCCCCCCCC(=O)OC[C@H](COP(=O)(O)OC[C@@H](O)COP(=O)(O)OC[C@@H](COC(=O)CCCCCCCCC(C)CC)OC(=O)CCCCCCCCCCCCCCCCCCCCC(C)C)OC(=O)CCCCCCCCCC(C)C. The number of aliphatic hydroxyl groups is 1. The number of phosphoric ester groups is 2. The topological polar surface area (TPSA) is 237 Å². The Morgan fingerprint density at radius 1 is 0.272 bits per heavy atom. The molecular formula is C84H164O17P2. The summed E-state index contributed by atoms with van der Waals surface area (Å²) in [6.07, 6.45) is 61.4. The fourth-order valence-electron chi connectivity index (χ4n) is 12.9. The van der Waals surface area contributed by atoms with Gasteiger partial charge in [-0.05, 0) is 49.4 Å². The Kier molecular flexibility index (Phi) is 71.5. The molecule has 0 aliphatic carbocycles. The number of unbranched alkanes of at least 4 members (excludes halogenated alkanes) is 45. The highest BCUT2D eigenvalue weighted by Crippen LogP contribution is 2.45. The van der Waals surface area contributed by atoms with Crippen molar-refractivity contribution in [3.63, 3.8) is 0 Å². The summed E-state index contributed by atoms with van der Waals surface area (Å²) in [5.41, 5.74) is 0. The minimum Gasteiger partial charge on any atom is -0.462 e. The van der Waals surface area contributed by atoms with E-state index in [4.69, 9.17) is 37.0 Å². The first-order chi connectivity index (χ1) is 49.7. The van der Waals surface area contributed by atoms with Gasteiger partial charge in [0.05, 0.1) is 26.4 Å². The van der Waals surface area contributed by atoms with Crippen LogP contribution in [0.15, 0.2) is 0 Å². The molecule has 0 aliphatic heterocycles. The molecule has 0 rings (SSSR count). The molecule has 0 saturated carbocycles. The number of aliphatic hydroxyl groups excluding tert-OH is 1. The zero-order chi connectivity index (χ0) is 76.0. The van der Waals surface area contributed by atoms with Gasteiger partial charge >= 0.3 is 39.5 Å². The number of hydrogen-bond donors (Lipinski definition) is 3. The summed E-state index contributed by atoms with van der Waals surface area (Å²) < 4.78 is 68.7. The molecule has 103 heavy (non-hydrogen) atoms. The number of esters is 4. The summed E-state index contributed by atoms with van der Waals surface area (Å²) in [6, 6.07) is 0. The second kappa shape index (κ2) is 72.9. The third-order valence-electron chi connectivity index (χ3n) is 20.3. The molecule has 0 heterocycles. The van der Waals surface area contributed by atoms with Gasteiger partial charge in [0.2, 0.25) is 0 Å². The van der Waals surface area contributed by atoms with Gasteiger partial charge in [-0.25, -0.2) is 9.13 Å². The van der Waals surface area contributed by atoms with Crippen molar-refractivity contribution in [2.45, 2.75) is 453 Å². The molecule has 0 aliphatic rings. The zero-order valence-electron chi connectivity index (χ0n) is 68.0. The van der Waals surface area contributed by atoms with E-state index < -0.39 is 97.5 Å². The van der Waals surface area contributed by atoms with Gasteiger partial charge in [0.25, 0.3) is 0 Å². The van der Waals surface area contributed by atoms with Gasteiger partial charge in [0.15, 0.2) is 12.2 Å². The molecule has 0 aromatic heterocycles. The molecule has 0 bridgehead atoms. The van der Waals surface area contributed by atoms with E-state index in [1.165, 1.54) is 231 Å². The maximum atomic E-state index is 13.1. The Labute approximate surface area is 632 Å².